The molecule has 0 rings (SSSR count). The zero-order valence-corrected chi connectivity index (χ0v) is 40.2. The Kier molecular flexibility index (Phi) is 56.1. The monoisotopic (exact) mass is 928 g/mol. The predicted octanol–water partition coefficient (Wildman–Crippen LogP) is 6.05. The fourth-order valence-electron chi connectivity index (χ4n) is 5.85. The van der Waals surface area contributed by atoms with Crippen LogP contribution in [0.5, 0.6) is 0 Å². The van der Waals surface area contributed by atoms with Gasteiger partial charge in [-0.25, -0.2) is 0 Å². The first-order chi connectivity index (χ1) is 31.7. The van der Waals surface area contributed by atoms with Gasteiger partial charge < -0.3 is 72.0 Å². The fraction of sp³-hybridized carbons (Fsp3) is 0.957. The highest BCUT2D eigenvalue weighted by Crippen LogP contribution is 2.13. The van der Waals surface area contributed by atoms with E-state index < -0.39 is 5.97 Å². The van der Waals surface area contributed by atoms with Gasteiger partial charge in [0.2, 0.25) is 5.91 Å². The molecule has 0 aliphatic heterocycles. The zero-order valence-electron chi connectivity index (χ0n) is 40.2. The molecular weight excluding hydrogens is 835 g/mol. The van der Waals surface area contributed by atoms with E-state index >= 15 is 0 Å². The lowest BCUT2D eigenvalue weighted by atomic mass is 10.0. The van der Waals surface area contributed by atoms with Crippen LogP contribution in [0, 0.1) is 0 Å². The number of nitrogens with one attached hydrogen (secondary N) is 1. The Balaban J connectivity index is 3.09. The minimum Gasteiger partial charge on any atom is -0.481 e. The van der Waals surface area contributed by atoms with Gasteiger partial charge in [0, 0.05) is 26.2 Å². The lowest BCUT2D eigenvalue weighted by Crippen LogP contribution is -2.25. The minimum absolute atomic E-state index is 0.0110. The Morgan fingerprint density at radius 1 is 0.297 bits per heavy atom. The summed E-state index contributed by atoms with van der Waals surface area (Å²) in [6.07, 6.45) is 19.6. The molecule has 0 aromatic carbocycles. The van der Waals surface area contributed by atoms with E-state index in [0.29, 0.717) is 178 Å². The maximum atomic E-state index is 11.4. The maximum absolute atomic E-state index is 11.4. The number of carbonyl (C=O) groups excluding carboxylic acids is 1. The van der Waals surface area contributed by atoms with E-state index in [0.717, 1.165) is 13.0 Å². The number of amides is 1. The van der Waals surface area contributed by atoms with Crippen LogP contribution in [0.15, 0.2) is 0 Å². The van der Waals surface area contributed by atoms with Crippen molar-refractivity contribution in [3.63, 3.8) is 0 Å². The van der Waals surface area contributed by atoms with Gasteiger partial charge in [-0.3, -0.25) is 9.59 Å². The van der Waals surface area contributed by atoms with Crippen molar-refractivity contribution in [2.45, 2.75) is 116 Å². The molecule has 0 aromatic rings. The number of aliphatic carboxylic acids is 1. The van der Waals surface area contributed by atoms with Crippen molar-refractivity contribution < 1.29 is 76.3 Å². The maximum Gasteiger partial charge on any atom is 0.303 e. The zero-order chi connectivity index (χ0) is 46.2. The number of hydrogen-bond acceptors (Lipinski definition) is 15. The average molecular weight is 928 g/mol. The molecule has 0 aliphatic rings. The Morgan fingerprint density at radius 3 is 0.766 bits per heavy atom. The fourth-order valence-corrected chi connectivity index (χ4v) is 5.85. The normalized spacial score (nSPS) is 11.5. The first-order valence-corrected chi connectivity index (χ1v) is 24.7. The van der Waals surface area contributed by atoms with Crippen LogP contribution in [-0.4, -0.2) is 195 Å². The second kappa shape index (κ2) is 57.5. The van der Waals surface area contributed by atoms with Crippen LogP contribution in [-0.2, 0) is 71.2 Å². The van der Waals surface area contributed by atoms with Crippen molar-refractivity contribution in [1.29, 1.82) is 0 Å². The third-order valence-electron chi connectivity index (χ3n) is 9.46. The second-order valence-corrected chi connectivity index (χ2v) is 15.2. The van der Waals surface area contributed by atoms with Gasteiger partial charge in [0.15, 0.2) is 0 Å². The topological polar surface area (TPSA) is 186 Å². The SMILES string of the molecule is CCCCCCCCCCCCCCCCOCCOCCOCCOCCOCCOCCOCCOCCOCCOCCOCCOCCOCCCNC(=O)CCC(=O)O. The van der Waals surface area contributed by atoms with E-state index in [1.807, 2.05) is 0 Å². The molecule has 0 bridgehead atoms. The molecule has 2 N–H and O–H groups in total. The predicted molar refractivity (Wildman–Crippen MR) is 245 cm³/mol. The largest absolute Gasteiger partial charge is 0.481 e. The van der Waals surface area contributed by atoms with Crippen LogP contribution < -0.4 is 5.32 Å². The Morgan fingerprint density at radius 2 is 0.516 bits per heavy atom. The number of rotatable bonds is 58. The van der Waals surface area contributed by atoms with Crippen LogP contribution in [0.4, 0.5) is 0 Å². The van der Waals surface area contributed by atoms with Crippen LogP contribution in [0.3, 0.4) is 0 Å². The summed E-state index contributed by atoms with van der Waals surface area (Å²) in [6.45, 7) is 16.2. The molecule has 1 amide bonds. The molecule has 0 aliphatic carbocycles. The lowest BCUT2D eigenvalue weighted by molar-refractivity contribution is -0.138. The summed E-state index contributed by atoms with van der Waals surface area (Å²) < 4.78 is 71.7. The Bertz CT molecular complexity index is 909. The van der Waals surface area contributed by atoms with Crippen LogP contribution in [0.1, 0.15) is 116 Å². The van der Waals surface area contributed by atoms with E-state index in [-0.39, 0.29) is 18.7 Å². The summed E-state index contributed by atoms with van der Waals surface area (Å²) >= 11 is 0. The van der Waals surface area contributed by atoms with E-state index in [2.05, 4.69) is 12.2 Å². The number of unbranched alkanes of at least 4 members (excludes halogenated alkanes) is 13. The number of ether oxygens (including phenoxy) is 13. The van der Waals surface area contributed by atoms with Gasteiger partial charge in [0.1, 0.15) is 0 Å². The van der Waals surface area contributed by atoms with E-state index in [1.54, 1.807) is 0 Å². The van der Waals surface area contributed by atoms with E-state index in [4.69, 9.17) is 66.7 Å². The molecule has 0 aromatic heterocycles. The highest BCUT2D eigenvalue weighted by molar-refractivity contribution is 5.80. The molecule has 0 radical (unpaired) electrons. The summed E-state index contributed by atoms with van der Waals surface area (Å²) in [5.41, 5.74) is 0. The quantitative estimate of drug-likeness (QED) is 0.0671. The van der Waals surface area contributed by atoms with Gasteiger partial charge in [0.05, 0.1) is 165 Å². The van der Waals surface area contributed by atoms with Crippen LogP contribution in [0.2, 0.25) is 0 Å². The molecule has 382 valence electrons. The Hall–Kier alpha value is -1.58. The smallest absolute Gasteiger partial charge is 0.303 e. The molecule has 0 fully saturated rings. The molecule has 64 heavy (non-hydrogen) atoms. The average Bonchev–Trinajstić information content (AvgIpc) is 3.29. The third-order valence-corrected chi connectivity index (χ3v) is 9.46. The van der Waals surface area contributed by atoms with Crippen molar-refractivity contribution >= 4 is 11.9 Å². The van der Waals surface area contributed by atoms with Crippen molar-refractivity contribution in [2.24, 2.45) is 0 Å². The van der Waals surface area contributed by atoms with Gasteiger partial charge in [0.25, 0.3) is 0 Å². The highest BCUT2D eigenvalue weighted by atomic mass is 16.6. The number of carbonyl (C=O) groups is 2. The van der Waals surface area contributed by atoms with Gasteiger partial charge in [-0.05, 0) is 12.8 Å². The van der Waals surface area contributed by atoms with Crippen LogP contribution >= 0.6 is 0 Å². The van der Waals surface area contributed by atoms with E-state index in [9.17, 15) is 9.59 Å². The van der Waals surface area contributed by atoms with Gasteiger partial charge in [-0.15, -0.1) is 0 Å². The van der Waals surface area contributed by atoms with Crippen molar-refractivity contribution in [2.75, 3.05) is 178 Å². The summed E-state index contributed by atoms with van der Waals surface area (Å²) in [4.78, 5) is 21.8. The molecule has 0 atom stereocenters. The summed E-state index contributed by atoms with van der Waals surface area (Å²) in [7, 11) is 0. The van der Waals surface area contributed by atoms with Crippen LogP contribution in [0.25, 0.3) is 0 Å². The molecule has 0 saturated heterocycles. The molecule has 0 heterocycles. The first kappa shape index (κ1) is 62.4. The second-order valence-electron chi connectivity index (χ2n) is 15.2. The summed E-state index contributed by atoms with van der Waals surface area (Å²) in [5.74, 6) is -1.25. The molecule has 0 spiro atoms. The van der Waals surface area contributed by atoms with Gasteiger partial charge in [-0.2, -0.15) is 0 Å². The van der Waals surface area contributed by atoms with Crippen molar-refractivity contribution in [1.82, 2.24) is 5.32 Å². The number of carboxylic acid groups (broad SMARTS) is 1. The molecular formula is C47H93NO16. The standard InChI is InChI=1S/C47H93NO16/c1-2-3-4-5-6-7-8-9-10-11-12-13-14-15-20-52-22-24-54-26-28-56-30-32-58-34-36-60-38-40-62-42-44-64-45-43-63-41-39-61-37-35-59-33-31-57-29-27-55-25-23-53-21-16-19-48-46(49)17-18-47(50)51/h2-45H2,1H3,(H,48,49)(H,50,51). The minimum atomic E-state index is -0.983. The molecule has 17 heteroatoms. The first-order valence-electron chi connectivity index (χ1n) is 24.7. The van der Waals surface area contributed by atoms with E-state index in [1.165, 1.54) is 83.5 Å². The lowest BCUT2D eigenvalue weighted by Gasteiger charge is -2.09. The Labute approximate surface area is 387 Å². The van der Waals surface area contributed by atoms with Gasteiger partial charge >= 0.3 is 5.97 Å². The molecule has 17 nitrogen and oxygen atoms in total. The van der Waals surface area contributed by atoms with Crippen molar-refractivity contribution in [3.8, 4) is 0 Å². The number of hydrogen-bond donors (Lipinski definition) is 2. The highest BCUT2D eigenvalue weighted by Gasteiger charge is 2.04. The van der Waals surface area contributed by atoms with Gasteiger partial charge in [-0.1, -0.05) is 90.4 Å². The molecule has 0 saturated carbocycles. The number of carboxylic acids is 1. The van der Waals surface area contributed by atoms with Crippen molar-refractivity contribution in [3.05, 3.63) is 0 Å². The molecule has 0 unspecified atom stereocenters. The summed E-state index contributed by atoms with van der Waals surface area (Å²) in [6, 6.07) is 0. The third kappa shape index (κ3) is 58.4. The summed E-state index contributed by atoms with van der Waals surface area (Å²) in [5, 5.41) is 11.2.